The second-order valence-corrected chi connectivity index (χ2v) is 7.41. The van der Waals surface area contributed by atoms with E-state index in [0.717, 1.165) is 6.16 Å². The van der Waals surface area contributed by atoms with Gasteiger partial charge in [-0.2, -0.15) is 0 Å². The first-order chi connectivity index (χ1) is 10.9. The molecule has 109 valence electrons. The van der Waals surface area contributed by atoms with Crippen LogP contribution in [0, 0.1) is 6.07 Å². The Balaban J connectivity index is 1.95. The van der Waals surface area contributed by atoms with Crippen molar-refractivity contribution in [2.45, 2.75) is 12.7 Å². The van der Waals surface area contributed by atoms with E-state index in [2.05, 4.69) is 72.8 Å². The zero-order valence-electron chi connectivity index (χ0n) is 12.4. The molecule has 0 aliphatic carbocycles. The van der Waals surface area contributed by atoms with Crippen LogP contribution in [0.3, 0.4) is 0 Å². The summed E-state index contributed by atoms with van der Waals surface area (Å²) < 4.78 is 0. The Morgan fingerprint density at radius 2 is 1.36 bits per heavy atom. The largest absolute Gasteiger partial charge is 0.326 e. The second-order valence-electron chi connectivity index (χ2n) is 5.20. The number of benzene rings is 3. The quantitative estimate of drug-likeness (QED) is 0.716. The van der Waals surface area contributed by atoms with Gasteiger partial charge in [0.05, 0.1) is 0 Å². The Labute approximate surface area is 133 Å². The number of rotatable bonds is 5. The van der Waals surface area contributed by atoms with E-state index in [4.69, 9.17) is 5.73 Å². The van der Waals surface area contributed by atoms with Crippen LogP contribution in [0.2, 0.25) is 0 Å². The van der Waals surface area contributed by atoms with Crippen LogP contribution >= 0.6 is 7.92 Å². The highest BCUT2D eigenvalue weighted by Gasteiger charge is 2.14. The van der Waals surface area contributed by atoms with E-state index in [0.29, 0.717) is 6.54 Å². The highest BCUT2D eigenvalue weighted by molar-refractivity contribution is 7.72. The molecule has 2 N–H and O–H groups in total. The minimum Gasteiger partial charge on any atom is -0.326 e. The molecule has 0 aliphatic rings. The van der Waals surface area contributed by atoms with Crippen LogP contribution in [-0.4, -0.2) is 0 Å². The van der Waals surface area contributed by atoms with Crippen molar-refractivity contribution in [1.82, 2.24) is 0 Å². The zero-order valence-corrected chi connectivity index (χ0v) is 13.3. The Hall–Kier alpha value is -1.95. The van der Waals surface area contributed by atoms with E-state index < -0.39 is 7.92 Å². The molecule has 3 rings (SSSR count). The maximum absolute atomic E-state index is 5.71. The van der Waals surface area contributed by atoms with Gasteiger partial charge in [-0.05, 0) is 35.7 Å². The molecule has 2 heteroatoms. The normalized spacial score (nSPS) is 12.0. The smallest absolute Gasteiger partial charge is 0.0178 e. The van der Waals surface area contributed by atoms with E-state index in [1.54, 1.807) is 0 Å². The van der Waals surface area contributed by atoms with Crippen LogP contribution in [0.15, 0.2) is 78.9 Å². The molecule has 3 aromatic carbocycles. The van der Waals surface area contributed by atoms with Crippen molar-refractivity contribution in [2.75, 3.05) is 0 Å². The first-order valence-electron chi connectivity index (χ1n) is 7.43. The average Bonchev–Trinajstić information content (AvgIpc) is 2.61. The maximum Gasteiger partial charge on any atom is 0.0178 e. The van der Waals surface area contributed by atoms with E-state index in [1.807, 2.05) is 12.1 Å². The predicted molar refractivity (Wildman–Crippen MR) is 95.9 cm³/mol. The second kappa shape index (κ2) is 7.35. The highest BCUT2D eigenvalue weighted by Crippen LogP contribution is 2.37. The minimum atomic E-state index is -0.405. The first kappa shape index (κ1) is 15.0. The number of hydrogen-bond acceptors (Lipinski definition) is 1. The molecular formula is C20H19NP. The van der Waals surface area contributed by atoms with Gasteiger partial charge in [-0.1, -0.05) is 78.9 Å². The van der Waals surface area contributed by atoms with Crippen molar-refractivity contribution >= 4 is 18.5 Å². The van der Waals surface area contributed by atoms with E-state index in [1.165, 1.54) is 21.7 Å². The molecule has 0 bridgehead atoms. The predicted octanol–water partition coefficient (Wildman–Crippen LogP) is 3.58. The summed E-state index contributed by atoms with van der Waals surface area (Å²) in [7, 11) is -0.405. The molecule has 3 aromatic rings. The molecule has 1 unspecified atom stereocenters. The number of hydrogen-bond donors (Lipinski definition) is 1. The Morgan fingerprint density at radius 1 is 0.727 bits per heavy atom. The lowest BCUT2D eigenvalue weighted by atomic mass is 10.2. The fourth-order valence-corrected chi connectivity index (χ4v) is 4.72. The summed E-state index contributed by atoms with van der Waals surface area (Å²) in [5.41, 5.74) is 8.27. The van der Waals surface area contributed by atoms with E-state index in [9.17, 15) is 0 Å². The fourth-order valence-electron chi connectivity index (χ4n) is 2.47. The van der Waals surface area contributed by atoms with Crippen LogP contribution in [0.4, 0.5) is 0 Å². The zero-order chi connectivity index (χ0) is 15.2. The molecule has 0 saturated heterocycles. The van der Waals surface area contributed by atoms with Crippen LogP contribution in [0.5, 0.6) is 0 Å². The molecular weight excluding hydrogens is 285 g/mol. The highest BCUT2D eigenvalue weighted by atomic mass is 31.1. The third-order valence-corrected chi connectivity index (χ3v) is 6.20. The summed E-state index contributed by atoms with van der Waals surface area (Å²) >= 11 is 0. The summed E-state index contributed by atoms with van der Waals surface area (Å²) in [6.07, 6.45) is 1.06. The lowest BCUT2D eigenvalue weighted by Crippen LogP contribution is -2.13. The molecule has 1 atom stereocenters. The molecule has 22 heavy (non-hydrogen) atoms. The SMILES string of the molecule is NCc1ccc(P(Cc2ccccc2)c2cc[c]cc2)cc1. The summed E-state index contributed by atoms with van der Waals surface area (Å²) in [5, 5.41) is 2.78. The fraction of sp³-hybridized carbons (Fsp3) is 0.100. The van der Waals surface area contributed by atoms with Gasteiger partial charge in [0.25, 0.3) is 0 Å². The molecule has 0 saturated carbocycles. The Bertz CT molecular complexity index is 693. The summed E-state index contributed by atoms with van der Waals surface area (Å²) in [4.78, 5) is 0. The molecule has 1 nitrogen and oxygen atoms in total. The van der Waals surface area contributed by atoms with Crippen molar-refractivity contribution in [2.24, 2.45) is 5.73 Å². The first-order valence-corrected chi connectivity index (χ1v) is 8.96. The van der Waals surface area contributed by atoms with Crippen molar-refractivity contribution < 1.29 is 0 Å². The maximum atomic E-state index is 5.71. The van der Waals surface area contributed by atoms with Gasteiger partial charge in [0.15, 0.2) is 0 Å². The van der Waals surface area contributed by atoms with E-state index in [-0.39, 0.29) is 0 Å². The Morgan fingerprint density at radius 3 is 2.00 bits per heavy atom. The van der Waals surface area contributed by atoms with Gasteiger partial charge in [0.1, 0.15) is 0 Å². The van der Waals surface area contributed by atoms with Gasteiger partial charge in [0, 0.05) is 12.7 Å². The van der Waals surface area contributed by atoms with Gasteiger partial charge in [0.2, 0.25) is 0 Å². The molecule has 0 fully saturated rings. The minimum absolute atomic E-state index is 0.405. The van der Waals surface area contributed by atoms with Crippen molar-refractivity contribution in [3.05, 3.63) is 96.1 Å². The third-order valence-electron chi connectivity index (χ3n) is 3.68. The van der Waals surface area contributed by atoms with Gasteiger partial charge < -0.3 is 5.73 Å². The molecule has 0 spiro atoms. The van der Waals surface area contributed by atoms with Crippen LogP contribution < -0.4 is 16.3 Å². The van der Waals surface area contributed by atoms with Gasteiger partial charge in [-0.25, -0.2) is 0 Å². The van der Waals surface area contributed by atoms with E-state index >= 15 is 0 Å². The standard InChI is InChI=1S/C20H19NP/c21-15-17-11-13-20(14-12-17)22(19-9-5-2-6-10-19)16-18-7-3-1-4-8-18/h1,3-14H,15-16,21H2. The lowest BCUT2D eigenvalue weighted by Gasteiger charge is -2.19. The van der Waals surface area contributed by atoms with Crippen LogP contribution in [-0.2, 0) is 12.7 Å². The van der Waals surface area contributed by atoms with Crippen LogP contribution in [0.25, 0.3) is 0 Å². The van der Waals surface area contributed by atoms with Crippen molar-refractivity contribution in [3.63, 3.8) is 0 Å². The summed E-state index contributed by atoms with van der Waals surface area (Å²) in [6, 6.07) is 30.9. The van der Waals surface area contributed by atoms with Gasteiger partial charge in [-0.3, -0.25) is 0 Å². The lowest BCUT2D eigenvalue weighted by molar-refractivity contribution is 1.07. The topological polar surface area (TPSA) is 26.0 Å². The third kappa shape index (κ3) is 3.62. The van der Waals surface area contributed by atoms with Crippen molar-refractivity contribution in [3.8, 4) is 0 Å². The monoisotopic (exact) mass is 304 g/mol. The average molecular weight is 304 g/mol. The molecule has 0 aromatic heterocycles. The summed E-state index contributed by atoms with van der Waals surface area (Å²) in [6.45, 7) is 0.594. The van der Waals surface area contributed by atoms with Gasteiger partial charge in [-0.15, -0.1) is 0 Å². The van der Waals surface area contributed by atoms with Crippen molar-refractivity contribution in [1.29, 1.82) is 0 Å². The van der Waals surface area contributed by atoms with Crippen LogP contribution in [0.1, 0.15) is 11.1 Å². The summed E-state index contributed by atoms with van der Waals surface area (Å²) in [5.74, 6) is 0. The Kier molecular flexibility index (Phi) is 5.00. The molecule has 0 heterocycles. The molecule has 0 amide bonds. The number of nitrogens with two attached hydrogens (primary N) is 1. The van der Waals surface area contributed by atoms with Gasteiger partial charge >= 0.3 is 0 Å². The molecule has 0 aliphatic heterocycles. The molecule has 1 radical (unpaired) electrons.